The molecule has 0 fully saturated rings. The van der Waals surface area contributed by atoms with E-state index in [4.69, 9.17) is 4.74 Å². The Morgan fingerprint density at radius 3 is 2.28 bits per heavy atom. The van der Waals surface area contributed by atoms with E-state index in [2.05, 4.69) is 5.32 Å². The van der Waals surface area contributed by atoms with Crippen molar-refractivity contribution in [1.29, 1.82) is 0 Å². The predicted molar refractivity (Wildman–Crippen MR) is 108 cm³/mol. The van der Waals surface area contributed by atoms with Crippen LogP contribution in [-0.4, -0.2) is 32.2 Å². The van der Waals surface area contributed by atoms with Crippen LogP contribution in [0.5, 0.6) is 0 Å². The zero-order chi connectivity index (χ0) is 21.6. The fraction of sp³-hybridized carbons (Fsp3) is 0.333. The molecule has 2 aromatic rings. The number of hydrogen-bond acceptors (Lipinski definition) is 5. The van der Waals surface area contributed by atoms with Gasteiger partial charge in [-0.3, -0.25) is 9.59 Å². The van der Waals surface area contributed by atoms with Crippen LogP contribution < -0.4 is 5.32 Å². The molecular weight excluding hydrogens is 397 g/mol. The van der Waals surface area contributed by atoms with Gasteiger partial charge in [0.15, 0.2) is 15.9 Å². The molecule has 8 heteroatoms. The molecule has 0 saturated heterocycles. The number of amides is 1. The summed E-state index contributed by atoms with van der Waals surface area (Å²) in [6, 6.07) is 11.7. The zero-order valence-electron chi connectivity index (χ0n) is 16.5. The first kappa shape index (κ1) is 22.5. The van der Waals surface area contributed by atoms with Crippen LogP contribution in [0.15, 0.2) is 53.4 Å². The molecule has 6 nitrogen and oxygen atoms in total. The third-order valence-electron chi connectivity index (χ3n) is 4.27. The quantitative estimate of drug-likeness (QED) is 0.519. The maximum absolute atomic E-state index is 12.9. The summed E-state index contributed by atoms with van der Waals surface area (Å²) < 4.78 is 42.4. The van der Waals surface area contributed by atoms with Gasteiger partial charge in [0.05, 0.1) is 17.1 Å². The molecule has 0 spiro atoms. The number of carbonyl (C=O) groups excluding carboxylic acids is 2. The van der Waals surface area contributed by atoms with Crippen molar-refractivity contribution in [2.75, 3.05) is 11.1 Å². The lowest BCUT2D eigenvalue weighted by Crippen LogP contribution is -2.30. The molecule has 156 valence electrons. The summed E-state index contributed by atoms with van der Waals surface area (Å²) in [5.41, 5.74) is 1.58. The number of para-hydroxylation sites is 1. The van der Waals surface area contributed by atoms with E-state index < -0.39 is 45.8 Å². The van der Waals surface area contributed by atoms with Gasteiger partial charge in [0.2, 0.25) is 0 Å². The van der Waals surface area contributed by atoms with E-state index >= 15 is 0 Å². The SMILES string of the molecule is CC(C)c1ccccc1NC(=O)[C@H](C)OC(=O)CCS(=O)(=O)c1ccc(F)cc1. The van der Waals surface area contributed by atoms with Gasteiger partial charge in [-0.2, -0.15) is 0 Å². The number of anilines is 1. The van der Waals surface area contributed by atoms with E-state index in [0.717, 1.165) is 29.8 Å². The van der Waals surface area contributed by atoms with E-state index in [9.17, 15) is 22.4 Å². The number of carbonyl (C=O) groups is 2. The minimum absolute atomic E-state index is 0.0808. The van der Waals surface area contributed by atoms with Gasteiger partial charge in [0.1, 0.15) is 5.82 Å². The minimum Gasteiger partial charge on any atom is -0.453 e. The lowest BCUT2D eigenvalue weighted by molar-refractivity contribution is -0.152. The minimum atomic E-state index is -3.76. The van der Waals surface area contributed by atoms with Gasteiger partial charge in [-0.25, -0.2) is 12.8 Å². The normalized spacial score (nSPS) is 12.4. The number of ether oxygens (including phenoxy) is 1. The molecular formula is C21H24FNO5S. The number of esters is 1. The maximum Gasteiger partial charge on any atom is 0.307 e. The van der Waals surface area contributed by atoms with E-state index in [1.54, 1.807) is 12.1 Å². The van der Waals surface area contributed by atoms with Crippen molar-refractivity contribution < 1.29 is 27.1 Å². The smallest absolute Gasteiger partial charge is 0.307 e. The van der Waals surface area contributed by atoms with Crippen molar-refractivity contribution in [2.45, 2.75) is 44.1 Å². The zero-order valence-corrected chi connectivity index (χ0v) is 17.3. The van der Waals surface area contributed by atoms with Crippen LogP contribution in [0.2, 0.25) is 0 Å². The highest BCUT2D eigenvalue weighted by atomic mass is 32.2. The van der Waals surface area contributed by atoms with Crippen LogP contribution in [0, 0.1) is 5.82 Å². The molecule has 0 radical (unpaired) electrons. The van der Waals surface area contributed by atoms with Gasteiger partial charge in [0.25, 0.3) is 5.91 Å². The molecule has 0 aromatic heterocycles. The second-order valence-electron chi connectivity index (χ2n) is 6.89. The molecule has 0 bridgehead atoms. The monoisotopic (exact) mass is 421 g/mol. The number of hydrogen-bond donors (Lipinski definition) is 1. The van der Waals surface area contributed by atoms with Gasteiger partial charge in [-0.15, -0.1) is 0 Å². The summed E-state index contributed by atoms with van der Waals surface area (Å²) in [5, 5.41) is 2.73. The van der Waals surface area contributed by atoms with Crippen molar-refractivity contribution in [2.24, 2.45) is 0 Å². The summed E-state index contributed by atoms with van der Waals surface area (Å²) in [5.74, 6) is -2.17. The van der Waals surface area contributed by atoms with Crippen LogP contribution >= 0.6 is 0 Å². The third kappa shape index (κ3) is 6.39. The van der Waals surface area contributed by atoms with Crippen LogP contribution in [0.3, 0.4) is 0 Å². The molecule has 1 amide bonds. The van der Waals surface area contributed by atoms with Crippen LogP contribution in [0.1, 0.15) is 38.7 Å². The largest absolute Gasteiger partial charge is 0.453 e. The molecule has 0 aliphatic heterocycles. The van der Waals surface area contributed by atoms with E-state index in [0.29, 0.717) is 5.69 Å². The summed E-state index contributed by atoms with van der Waals surface area (Å²) >= 11 is 0. The highest BCUT2D eigenvalue weighted by Crippen LogP contribution is 2.24. The fourth-order valence-electron chi connectivity index (χ4n) is 2.64. The highest BCUT2D eigenvalue weighted by molar-refractivity contribution is 7.91. The van der Waals surface area contributed by atoms with Crippen molar-refractivity contribution in [3.63, 3.8) is 0 Å². The van der Waals surface area contributed by atoms with Crippen LogP contribution in [-0.2, 0) is 24.2 Å². The number of benzene rings is 2. The number of nitrogens with one attached hydrogen (secondary N) is 1. The average molecular weight is 421 g/mol. The Kier molecular flexibility index (Phi) is 7.50. The summed E-state index contributed by atoms with van der Waals surface area (Å²) in [6.07, 6.45) is -1.50. The average Bonchev–Trinajstić information content (AvgIpc) is 2.67. The van der Waals surface area contributed by atoms with E-state index in [-0.39, 0.29) is 10.8 Å². The van der Waals surface area contributed by atoms with Gasteiger partial charge in [-0.1, -0.05) is 32.0 Å². The standard InChI is InChI=1S/C21H24FNO5S/c1-14(2)18-6-4-5-7-19(18)23-21(25)15(3)28-20(24)12-13-29(26,27)17-10-8-16(22)9-11-17/h4-11,14-15H,12-13H2,1-3H3,(H,23,25)/t15-/m0/s1. The lowest BCUT2D eigenvalue weighted by Gasteiger charge is -2.17. The van der Waals surface area contributed by atoms with Crippen molar-refractivity contribution >= 4 is 27.4 Å². The summed E-state index contributed by atoms with van der Waals surface area (Å²) in [7, 11) is -3.76. The second kappa shape index (κ2) is 9.65. The molecule has 2 aromatic carbocycles. The molecule has 0 unspecified atom stereocenters. The number of halogens is 1. The van der Waals surface area contributed by atoms with Gasteiger partial charge >= 0.3 is 5.97 Å². The first-order chi connectivity index (χ1) is 13.6. The van der Waals surface area contributed by atoms with E-state index in [1.807, 2.05) is 26.0 Å². The Morgan fingerprint density at radius 1 is 1.03 bits per heavy atom. The number of sulfone groups is 1. The Bertz CT molecular complexity index is 971. The summed E-state index contributed by atoms with van der Waals surface area (Å²) in [4.78, 5) is 24.2. The van der Waals surface area contributed by atoms with Crippen molar-refractivity contribution in [3.05, 3.63) is 59.9 Å². The van der Waals surface area contributed by atoms with Crippen LogP contribution in [0.4, 0.5) is 10.1 Å². The molecule has 0 heterocycles. The van der Waals surface area contributed by atoms with Crippen molar-refractivity contribution in [3.8, 4) is 0 Å². The lowest BCUT2D eigenvalue weighted by atomic mass is 10.0. The molecule has 2 rings (SSSR count). The fourth-order valence-corrected chi connectivity index (χ4v) is 3.86. The second-order valence-corrected chi connectivity index (χ2v) is 9.00. The first-order valence-corrected chi connectivity index (χ1v) is 10.8. The molecule has 29 heavy (non-hydrogen) atoms. The molecule has 0 aliphatic carbocycles. The van der Waals surface area contributed by atoms with Gasteiger partial charge < -0.3 is 10.1 Å². The molecule has 1 N–H and O–H groups in total. The summed E-state index contributed by atoms with van der Waals surface area (Å²) in [6.45, 7) is 5.41. The van der Waals surface area contributed by atoms with Gasteiger partial charge in [-0.05, 0) is 48.7 Å². The Labute approximate surface area is 170 Å². The third-order valence-corrected chi connectivity index (χ3v) is 6.00. The maximum atomic E-state index is 12.9. The van der Waals surface area contributed by atoms with Gasteiger partial charge in [0, 0.05) is 5.69 Å². The first-order valence-electron chi connectivity index (χ1n) is 9.17. The Hall–Kier alpha value is -2.74. The topological polar surface area (TPSA) is 89.5 Å². The van der Waals surface area contributed by atoms with Crippen molar-refractivity contribution in [1.82, 2.24) is 0 Å². The predicted octanol–water partition coefficient (Wildman–Crippen LogP) is 3.68. The number of rotatable bonds is 8. The van der Waals surface area contributed by atoms with E-state index in [1.165, 1.54) is 6.92 Å². The Balaban J connectivity index is 1.91. The highest BCUT2D eigenvalue weighted by Gasteiger charge is 2.22. The molecule has 0 saturated carbocycles. The van der Waals surface area contributed by atoms with Crippen LogP contribution in [0.25, 0.3) is 0 Å². The molecule has 0 aliphatic rings. The molecule has 1 atom stereocenters. The Morgan fingerprint density at radius 2 is 1.66 bits per heavy atom.